The van der Waals surface area contributed by atoms with Crippen molar-refractivity contribution in [3.63, 3.8) is 0 Å². The van der Waals surface area contributed by atoms with Crippen LogP contribution in [0.4, 0.5) is 0 Å². The van der Waals surface area contributed by atoms with Gasteiger partial charge in [-0.3, -0.25) is 4.79 Å². The molecule has 1 saturated heterocycles. The molecule has 0 aromatic heterocycles. The van der Waals surface area contributed by atoms with Gasteiger partial charge in [-0.1, -0.05) is 0 Å². The van der Waals surface area contributed by atoms with E-state index in [0.29, 0.717) is 5.75 Å². The van der Waals surface area contributed by atoms with E-state index in [-0.39, 0.29) is 6.42 Å². The van der Waals surface area contributed by atoms with E-state index < -0.39 is 5.97 Å². The van der Waals surface area contributed by atoms with E-state index in [1.807, 2.05) is 0 Å². The lowest BCUT2D eigenvalue weighted by Crippen LogP contribution is -1.97. The van der Waals surface area contributed by atoms with E-state index >= 15 is 0 Å². The molecule has 0 saturated carbocycles. The lowest BCUT2D eigenvalue weighted by molar-refractivity contribution is -0.136. The van der Waals surface area contributed by atoms with Crippen molar-refractivity contribution in [1.82, 2.24) is 0 Å². The van der Waals surface area contributed by atoms with Crippen LogP contribution < -0.4 is 0 Å². The van der Waals surface area contributed by atoms with Gasteiger partial charge in [0, 0.05) is 28.8 Å². The second kappa shape index (κ2) is 9.61. The second-order valence-corrected chi connectivity index (χ2v) is 4.99. The van der Waals surface area contributed by atoms with Crippen molar-refractivity contribution in [2.75, 3.05) is 28.8 Å². The molecule has 1 N–H and O–H groups in total. The first-order chi connectivity index (χ1) is 5.77. The summed E-state index contributed by atoms with van der Waals surface area (Å²) in [7, 11) is 0. The Morgan fingerprint density at radius 2 is 1.67 bits per heavy atom. The van der Waals surface area contributed by atoms with Crippen LogP contribution in [0.25, 0.3) is 0 Å². The van der Waals surface area contributed by atoms with Crippen LogP contribution in [0.1, 0.15) is 6.42 Å². The van der Waals surface area contributed by atoms with Crippen molar-refractivity contribution >= 4 is 42.1 Å². The number of hydrogen-bond donors (Lipinski definition) is 2. The maximum absolute atomic E-state index is 9.55. The van der Waals surface area contributed by atoms with Crippen LogP contribution in [-0.2, 0) is 4.79 Å². The summed E-state index contributed by atoms with van der Waals surface area (Å²) >= 11 is 7.83. The van der Waals surface area contributed by atoms with E-state index in [1.54, 1.807) is 0 Å². The second-order valence-electron chi connectivity index (χ2n) is 2.09. The predicted octanol–water partition coefficient (Wildman–Crippen LogP) is 1.86. The number of carbonyl (C=O) groups is 1. The summed E-state index contributed by atoms with van der Waals surface area (Å²) in [5.41, 5.74) is 0. The minimum absolute atomic E-state index is 0.156. The third-order valence-electron chi connectivity index (χ3n) is 1.07. The SMILES string of the molecule is C1CSCCS1.O=C(O)CCS. The first-order valence-corrected chi connectivity index (χ1v) is 6.69. The van der Waals surface area contributed by atoms with Crippen molar-refractivity contribution in [3.8, 4) is 0 Å². The van der Waals surface area contributed by atoms with E-state index in [9.17, 15) is 4.79 Å². The quantitative estimate of drug-likeness (QED) is 0.705. The van der Waals surface area contributed by atoms with Gasteiger partial charge in [0.15, 0.2) is 0 Å². The third-order valence-corrected chi connectivity index (χ3v) is 3.78. The Bertz CT molecular complexity index is 104. The zero-order valence-electron chi connectivity index (χ0n) is 6.86. The van der Waals surface area contributed by atoms with Gasteiger partial charge in [0.05, 0.1) is 6.42 Å². The Balaban J connectivity index is 0.000000202. The summed E-state index contributed by atoms with van der Waals surface area (Å²) < 4.78 is 0. The van der Waals surface area contributed by atoms with Gasteiger partial charge in [-0.05, 0) is 0 Å². The van der Waals surface area contributed by atoms with Crippen LogP contribution in [0.5, 0.6) is 0 Å². The average molecular weight is 226 g/mol. The highest BCUT2D eigenvalue weighted by Gasteiger charge is 1.95. The highest BCUT2D eigenvalue weighted by molar-refractivity contribution is 8.06. The molecule has 2 nitrogen and oxygen atoms in total. The minimum atomic E-state index is -0.787. The van der Waals surface area contributed by atoms with Gasteiger partial charge >= 0.3 is 5.97 Å². The van der Waals surface area contributed by atoms with Crippen LogP contribution in [0.3, 0.4) is 0 Å². The molecule has 0 aromatic carbocycles. The molecule has 12 heavy (non-hydrogen) atoms. The summed E-state index contributed by atoms with van der Waals surface area (Å²) in [6.07, 6.45) is 0.156. The first kappa shape index (κ1) is 12.5. The van der Waals surface area contributed by atoms with Crippen molar-refractivity contribution in [1.29, 1.82) is 0 Å². The Hall–Kier alpha value is 0.520. The molecule has 0 aromatic rings. The lowest BCUT2D eigenvalue weighted by Gasteiger charge is -2.05. The molecule has 1 aliphatic heterocycles. The summed E-state index contributed by atoms with van der Waals surface area (Å²) in [5, 5.41) is 7.86. The van der Waals surface area contributed by atoms with Crippen molar-refractivity contribution in [2.45, 2.75) is 6.42 Å². The lowest BCUT2D eigenvalue weighted by atomic mass is 10.5. The predicted molar refractivity (Wildman–Crippen MR) is 60.8 cm³/mol. The standard InChI is InChI=1S/C4H8S2.C3H6O2S/c1-2-6-4-3-5-1;4-3(5)1-2-6/h1-4H2;6H,1-2H2,(H,4,5). The highest BCUT2D eigenvalue weighted by atomic mass is 32.2. The molecule has 0 unspecified atom stereocenters. The molecule has 72 valence electrons. The maximum atomic E-state index is 9.55. The fourth-order valence-corrected chi connectivity index (χ4v) is 3.02. The summed E-state index contributed by atoms with van der Waals surface area (Å²) in [6, 6.07) is 0. The van der Waals surface area contributed by atoms with Crippen LogP contribution in [0, 0.1) is 0 Å². The van der Waals surface area contributed by atoms with Crippen LogP contribution in [0.15, 0.2) is 0 Å². The smallest absolute Gasteiger partial charge is 0.304 e. The molecule has 0 bridgehead atoms. The monoisotopic (exact) mass is 226 g/mol. The molecular weight excluding hydrogens is 212 g/mol. The summed E-state index contributed by atoms with van der Waals surface area (Å²) in [4.78, 5) is 9.55. The molecule has 1 rings (SSSR count). The number of hydrogen-bond acceptors (Lipinski definition) is 4. The summed E-state index contributed by atoms with van der Waals surface area (Å²) in [6.45, 7) is 0. The third kappa shape index (κ3) is 10.5. The van der Waals surface area contributed by atoms with Gasteiger partial charge < -0.3 is 5.11 Å². The first-order valence-electron chi connectivity index (χ1n) is 3.75. The molecule has 1 aliphatic rings. The van der Waals surface area contributed by atoms with Gasteiger partial charge in [0.2, 0.25) is 0 Å². The van der Waals surface area contributed by atoms with Crippen molar-refractivity contribution < 1.29 is 9.90 Å². The van der Waals surface area contributed by atoms with Crippen molar-refractivity contribution in [2.24, 2.45) is 0 Å². The van der Waals surface area contributed by atoms with Gasteiger partial charge in [0.25, 0.3) is 0 Å². The largest absolute Gasteiger partial charge is 0.481 e. The van der Waals surface area contributed by atoms with Gasteiger partial charge in [-0.15, -0.1) is 0 Å². The number of carboxylic acid groups (broad SMARTS) is 1. The number of thioether (sulfide) groups is 2. The Morgan fingerprint density at radius 3 is 1.75 bits per heavy atom. The van der Waals surface area contributed by atoms with Crippen LogP contribution in [-0.4, -0.2) is 39.8 Å². The fourth-order valence-electron chi connectivity index (χ4n) is 0.535. The molecule has 0 radical (unpaired) electrons. The average Bonchev–Trinajstić information content (AvgIpc) is 2.08. The van der Waals surface area contributed by atoms with Gasteiger partial charge in [-0.2, -0.15) is 36.2 Å². The molecule has 0 atom stereocenters. The summed E-state index contributed by atoms with van der Waals surface area (Å²) in [5.74, 6) is 5.16. The van der Waals surface area contributed by atoms with Crippen LogP contribution in [0.2, 0.25) is 0 Å². The van der Waals surface area contributed by atoms with E-state index in [4.69, 9.17) is 5.11 Å². The number of carboxylic acids is 1. The zero-order valence-corrected chi connectivity index (χ0v) is 9.39. The van der Waals surface area contributed by atoms with E-state index in [1.165, 1.54) is 23.0 Å². The molecule has 5 heteroatoms. The molecular formula is C7H14O2S3. The Morgan fingerprint density at radius 1 is 1.25 bits per heavy atom. The van der Waals surface area contributed by atoms with E-state index in [2.05, 4.69) is 36.2 Å². The molecule has 0 aliphatic carbocycles. The topological polar surface area (TPSA) is 37.3 Å². The molecule has 0 amide bonds. The Kier molecular flexibility index (Phi) is 10.0. The van der Waals surface area contributed by atoms with Crippen molar-refractivity contribution in [3.05, 3.63) is 0 Å². The van der Waals surface area contributed by atoms with Crippen LogP contribution >= 0.6 is 36.2 Å². The highest BCUT2D eigenvalue weighted by Crippen LogP contribution is 2.14. The number of rotatable bonds is 2. The molecule has 1 heterocycles. The number of thiol groups is 1. The number of aliphatic carboxylic acids is 1. The molecule has 1 fully saturated rings. The minimum Gasteiger partial charge on any atom is -0.481 e. The van der Waals surface area contributed by atoms with Gasteiger partial charge in [0.1, 0.15) is 0 Å². The fraction of sp³-hybridized carbons (Fsp3) is 0.857. The normalized spacial score (nSPS) is 16.1. The maximum Gasteiger partial charge on any atom is 0.304 e. The molecule has 0 spiro atoms. The van der Waals surface area contributed by atoms with E-state index in [0.717, 1.165) is 0 Å². The Labute approximate surface area is 87.3 Å². The zero-order chi connectivity index (χ0) is 9.23. The van der Waals surface area contributed by atoms with Gasteiger partial charge in [-0.25, -0.2) is 0 Å².